The molecule has 18 heavy (non-hydrogen) atoms. The van der Waals surface area contributed by atoms with E-state index < -0.39 is 31.8 Å². The van der Waals surface area contributed by atoms with Crippen molar-refractivity contribution in [3.8, 4) is 5.75 Å². The van der Waals surface area contributed by atoms with E-state index in [2.05, 4.69) is 0 Å². The molecule has 0 aliphatic carbocycles. The van der Waals surface area contributed by atoms with Gasteiger partial charge in [0.25, 0.3) is 0 Å². The van der Waals surface area contributed by atoms with Crippen LogP contribution in [-0.4, -0.2) is 30.0 Å². The number of aromatic hydroxyl groups is 1. The highest BCUT2D eigenvalue weighted by Crippen LogP contribution is 2.40. The maximum Gasteiger partial charge on any atom is 0.191 e. The Bertz CT molecular complexity index is 552. The molecule has 0 saturated heterocycles. The van der Waals surface area contributed by atoms with Crippen molar-refractivity contribution in [1.82, 2.24) is 0 Å². The number of aliphatic hydroxyl groups excluding tert-OH is 1. The first-order chi connectivity index (χ1) is 8.21. The summed E-state index contributed by atoms with van der Waals surface area (Å²) in [5.41, 5.74) is 5.40. The molecule has 0 aromatic heterocycles. The number of anilines is 1. The second-order valence-corrected chi connectivity index (χ2v) is 7.09. The van der Waals surface area contributed by atoms with Gasteiger partial charge in [-0.05, 0) is 25.5 Å². The number of aliphatic hydroxyl groups is 1. The van der Waals surface area contributed by atoms with Gasteiger partial charge in [0.15, 0.2) is 15.6 Å². The van der Waals surface area contributed by atoms with E-state index in [0.29, 0.717) is 0 Å². The summed E-state index contributed by atoms with van der Waals surface area (Å²) in [6, 6.07) is 2.62. The largest absolute Gasteiger partial charge is 0.504 e. The fourth-order valence-electron chi connectivity index (χ4n) is 1.45. The Morgan fingerprint density at radius 2 is 2.00 bits per heavy atom. The summed E-state index contributed by atoms with van der Waals surface area (Å²) < 4.78 is 23.5. The zero-order valence-electron chi connectivity index (χ0n) is 10.1. The third-order valence-corrected chi connectivity index (χ3v) is 6.21. The minimum atomic E-state index is -4.00. The van der Waals surface area contributed by atoms with Crippen LogP contribution in [0.3, 0.4) is 0 Å². The van der Waals surface area contributed by atoms with E-state index in [1.165, 1.54) is 19.1 Å². The molecule has 1 unspecified atom stereocenters. The molecule has 0 bridgehead atoms. The number of nitrogen functional groups attached to an aromatic ring is 1. The van der Waals surface area contributed by atoms with Crippen molar-refractivity contribution in [1.29, 1.82) is 0 Å². The Kier molecular flexibility index (Phi) is 4.15. The number of hydrogen-bond donors (Lipinski definition) is 3. The average Bonchev–Trinajstić information content (AvgIpc) is 2.32. The van der Waals surface area contributed by atoms with Crippen LogP contribution >= 0.6 is 11.6 Å². The molecule has 1 aromatic rings. The number of phenolic OH excluding ortho intramolecular Hbond substituents is 1. The van der Waals surface area contributed by atoms with E-state index in [0.717, 1.165) is 0 Å². The molecule has 0 heterocycles. The van der Waals surface area contributed by atoms with Gasteiger partial charge in [-0.1, -0.05) is 18.5 Å². The van der Waals surface area contributed by atoms with Crippen molar-refractivity contribution in [2.45, 2.75) is 29.9 Å². The molecular weight excluding hydrogens is 278 g/mol. The number of hydrogen-bond acceptors (Lipinski definition) is 5. The Hall–Kier alpha value is -0.980. The maximum atomic E-state index is 12.5. The van der Waals surface area contributed by atoms with Gasteiger partial charge in [0.2, 0.25) is 0 Å². The van der Waals surface area contributed by atoms with Crippen molar-refractivity contribution < 1.29 is 18.6 Å². The summed E-state index contributed by atoms with van der Waals surface area (Å²) in [7, 11) is -4.00. The Balaban J connectivity index is 3.62. The highest BCUT2D eigenvalue weighted by Gasteiger charge is 2.41. The number of phenols is 1. The second kappa shape index (κ2) is 4.95. The van der Waals surface area contributed by atoms with Crippen LogP contribution in [0.15, 0.2) is 17.0 Å². The Morgan fingerprint density at radius 1 is 1.44 bits per heavy atom. The van der Waals surface area contributed by atoms with E-state index in [-0.39, 0.29) is 17.1 Å². The SMILES string of the molecule is CCC(C)(CO)S(=O)(=O)c1c(Cl)ccc(N)c1O. The van der Waals surface area contributed by atoms with Gasteiger partial charge < -0.3 is 15.9 Å². The van der Waals surface area contributed by atoms with Crippen molar-refractivity contribution in [2.24, 2.45) is 0 Å². The zero-order valence-corrected chi connectivity index (χ0v) is 11.7. The maximum absolute atomic E-state index is 12.5. The smallest absolute Gasteiger partial charge is 0.191 e. The molecule has 0 radical (unpaired) electrons. The standard InChI is InChI=1S/C11H16ClNO4S/c1-3-11(2,6-14)18(16,17)10-7(12)4-5-8(13)9(10)15/h4-5,14-15H,3,6,13H2,1-2H3. The predicted octanol–water partition coefficient (Wildman–Crippen LogP) is 1.56. The first-order valence-electron chi connectivity index (χ1n) is 5.33. The fraction of sp³-hybridized carbons (Fsp3) is 0.455. The molecule has 0 aliphatic heterocycles. The van der Waals surface area contributed by atoms with E-state index in [1.54, 1.807) is 6.92 Å². The summed E-state index contributed by atoms with van der Waals surface area (Å²) in [6.45, 7) is 2.45. The summed E-state index contributed by atoms with van der Waals surface area (Å²) in [5.74, 6) is -0.573. The molecule has 0 aliphatic rings. The molecule has 1 rings (SSSR count). The van der Waals surface area contributed by atoms with Gasteiger partial charge in [0.05, 0.1) is 22.1 Å². The predicted molar refractivity (Wildman–Crippen MR) is 70.5 cm³/mol. The van der Waals surface area contributed by atoms with Gasteiger partial charge >= 0.3 is 0 Å². The Labute approximate surface area is 111 Å². The molecule has 0 amide bonds. The topological polar surface area (TPSA) is 101 Å². The van der Waals surface area contributed by atoms with Gasteiger partial charge in [-0.15, -0.1) is 0 Å². The van der Waals surface area contributed by atoms with Gasteiger partial charge in [-0.25, -0.2) is 8.42 Å². The van der Waals surface area contributed by atoms with E-state index in [9.17, 15) is 18.6 Å². The minimum absolute atomic E-state index is 0.0747. The van der Waals surface area contributed by atoms with E-state index in [1.807, 2.05) is 0 Å². The van der Waals surface area contributed by atoms with Crippen LogP contribution in [0.1, 0.15) is 20.3 Å². The second-order valence-electron chi connectivity index (χ2n) is 4.28. The van der Waals surface area contributed by atoms with Crippen LogP contribution in [0.5, 0.6) is 5.75 Å². The zero-order chi connectivity index (χ0) is 14.1. The lowest BCUT2D eigenvalue weighted by atomic mass is 10.1. The first-order valence-corrected chi connectivity index (χ1v) is 7.20. The minimum Gasteiger partial charge on any atom is -0.504 e. The number of nitrogens with two attached hydrogens (primary N) is 1. The lowest BCUT2D eigenvalue weighted by molar-refractivity contribution is 0.245. The number of rotatable bonds is 4. The van der Waals surface area contributed by atoms with Crippen LogP contribution in [-0.2, 0) is 9.84 Å². The van der Waals surface area contributed by atoms with Crippen LogP contribution < -0.4 is 5.73 Å². The number of sulfone groups is 1. The lowest BCUT2D eigenvalue weighted by Crippen LogP contribution is -2.38. The van der Waals surface area contributed by atoms with Crippen molar-refractivity contribution in [2.75, 3.05) is 12.3 Å². The van der Waals surface area contributed by atoms with Crippen LogP contribution in [0.2, 0.25) is 5.02 Å². The summed E-state index contributed by atoms with van der Waals surface area (Å²) in [6.07, 6.45) is 0.177. The molecule has 4 N–H and O–H groups in total. The number of halogens is 1. The van der Waals surface area contributed by atoms with Gasteiger partial charge in [-0.2, -0.15) is 0 Å². The molecule has 0 saturated carbocycles. The molecule has 1 atom stereocenters. The molecule has 7 heteroatoms. The van der Waals surface area contributed by atoms with Crippen LogP contribution in [0.25, 0.3) is 0 Å². The van der Waals surface area contributed by atoms with Gasteiger partial charge in [0, 0.05) is 0 Å². The molecule has 0 spiro atoms. The Morgan fingerprint density at radius 3 is 2.44 bits per heavy atom. The molecule has 1 aromatic carbocycles. The van der Waals surface area contributed by atoms with Crippen molar-refractivity contribution >= 4 is 27.1 Å². The first kappa shape index (κ1) is 15.1. The molecular formula is C11H16ClNO4S. The summed E-state index contributed by atoms with van der Waals surface area (Å²) in [4.78, 5) is -0.428. The normalized spacial score (nSPS) is 15.3. The van der Waals surface area contributed by atoms with E-state index in [4.69, 9.17) is 17.3 Å². The fourth-order valence-corrected chi connectivity index (χ4v) is 3.65. The monoisotopic (exact) mass is 293 g/mol. The quantitative estimate of drug-likeness (QED) is 0.578. The molecule has 0 fully saturated rings. The van der Waals surface area contributed by atoms with Gasteiger partial charge in [0.1, 0.15) is 4.90 Å². The highest BCUT2D eigenvalue weighted by molar-refractivity contribution is 7.93. The van der Waals surface area contributed by atoms with Crippen molar-refractivity contribution in [3.63, 3.8) is 0 Å². The lowest BCUT2D eigenvalue weighted by Gasteiger charge is -2.26. The van der Waals surface area contributed by atoms with Crippen molar-refractivity contribution in [3.05, 3.63) is 17.2 Å². The van der Waals surface area contributed by atoms with Gasteiger partial charge in [-0.3, -0.25) is 0 Å². The van der Waals surface area contributed by atoms with Crippen LogP contribution in [0, 0.1) is 0 Å². The number of benzene rings is 1. The van der Waals surface area contributed by atoms with E-state index >= 15 is 0 Å². The highest BCUT2D eigenvalue weighted by atomic mass is 35.5. The third-order valence-electron chi connectivity index (χ3n) is 3.11. The average molecular weight is 294 g/mol. The summed E-state index contributed by atoms with van der Waals surface area (Å²) >= 11 is 5.83. The third kappa shape index (κ3) is 2.15. The summed E-state index contributed by atoms with van der Waals surface area (Å²) in [5, 5.41) is 19.0. The van der Waals surface area contributed by atoms with Crippen LogP contribution in [0.4, 0.5) is 5.69 Å². The molecule has 102 valence electrons. The molecule has 5 nitrogen and oxygen atoms in total.